The number of thiophene rings is 1. The fourth-order valence-corrected chi connectivity index (χ4v) is 3.07. The quantitative estimate of drug-likeness (QED) is 0.290. The highest BCUT2D eigenvalue weighted by Crippen LogP contribution is 2.16. The molecule has 0 radical (unpaired) electrons. The zero-order valence-electron chi connectivity index (χ0n) is 13.8. The highest BCUT2D eigenvalue weighted by Gasteiger charge is 2.06. The lowest BCUT2D eigenvalue weighted by atomic mass is 10.1. The second kappa shape index (κ2) is 11.5. The van der Waals surface area contributed by atoms with E-state index in [0.717, 1.165) is 31.9 Å². The van der Waals surface area contributed by atoms with E-state index in [0.29, 0.717) is 5.92 Å². The molecule has 2 N–H and O–H groups in total. The number of hydrogen-bond donors (Lipinski definition) is 2. The van der Waals surface area contributed by atoms with E-state index in [4.69, 9.17) is 0 Å². The molecule has 1 aromatic heterocycles. The number of nitrogens with one attached hydrogen (secondary N) is 2. The van der Waals surface area contributed by atoms with Crippen LogP contribution in [0.5, 0.6) is 0 Å². The van der Waals surface area contributed by atoms with E-state index in [9.17, 15) is 0 Å². The summed E-state index contributed by atoms with van der Waals surface area (Å²) in [5, 5.41) is 11.1. The molecular formula is C18H26IN3S. The Hall–Kier alpha value is -1.08. The first kappa shape index (κ1) is 20.0. The first-order chi connectivity index (χ1) is 10.8. The molecule has 0 bridgehead atoms. The van der Waals surface area contributed by atoms with Crippen molar-refractivity contribution >= 4 is 41.3 Å². The Labute approximate surface area is 160 Å². The summed E-state index contributed by atoms with van der Waals surface area (Å²) in [5.74, 6) is 1.38. The molecule has 2 aromatic rings. The fourth-order valence-electron chi connectivity index (χ4n) is 2.29. The van der Waals surface area contributed by atoms with E-state index >= 15 is 0 Å². The molecule has 1 aromatic carbocycles. The van der Waals surface area contributed by atoms with Crippen molar-refractivity contribution in [2.24, 2.45) is 4.99 Å². The van der Waals surface area contributed by atoms with Crippen molar-refractivity contribution < 1.29 is 0 Å². The van der Waals surface area contributed by atoms with Crippen LogP contribution in [0.25, 0.3) is 0 Å². The number of aliphatic imine (C=N–C) groups is 1. The summed E-state index contributed by atoms with van der Waals surface area (Å²) in [6.45, 7) is 4.06. The second-order valence-electron chi connectivity index (χ2n) is 5.43. The number of halogens is 1. The number of hydrogen-bond acceptors (Lipinski definition) is 2. The zero-order valence-corrected chi connectivity index (χ0v) is 16.9. The summed E-state index contributed by atoms with van der Waals surface area (Å²) in [7, 11) is 1.82. The summed E-state index contributed by atoms with van der Waals surface area (Å²) in [6, 6.07) is 12.8. The van der Waals surface area contributed by atoms with E-state index in [1.807, 2.05) is 7.05 Å². The molecule has 0 amide bonds. The van der Waals surface area contributed by atoms with Crippen molar-refractivity contribution in [3.8, 4) is 0 Å². The third kappa shape index (κ3) is 7.35. The van der Waals surface area contributed by atoms with Gasteiger partial charge in [-0.3, -0.25) is 4.99 Å². The van der Waals surface area contributed by atoms with Crippen LogP contribution in [-0.2, 0) is 6.42 Å². The van der Waals surface area contributed by atoms with Gasteiger partial charge in [-0.25, -0.2) is 0 Å². The molecule has 0 saturated carbocycles. The van der Waals surface area contributed by atoms with Gasteiger partial charge in [-0.2, -0.15) is 11.3 Å². The lowest BCUT2D eigenvalue weighted by Gasteiger charge is -2.15. The molecule has 2 rings (SSSR count). The van der Waals surface area contributed by atoms with Crippen molar-refractivity contribution in [1.82, 2.24) is 10.6 Å². The smallest absolute Gasteiger partial charge is 0.190 e. The molecule has 5 heteroatoms. The van der Waals surface area contributed by atoms with Gasteiger partial charge >= 0.3 is 0 Å². The van der Waals surface area contributed by atoms with Gasteiger partial charge in [0.15, 0.2) is 5.96 Å². The summed E-state index contributed by atoms with van der Waals surface area (Å²) in [5.41, 5.74) is 2.77. The molecule has 0 aliphatic heterocycles. The Kier molecular flexibility index (Phi) is 9.94. The number of benzene rings is 1. The Morgan fingerprint density at radius 3 is 2.61 bits per heavy atom. The standard InChI is InChI=1S/C18H25N3S.HI/c1-15(17-10-12-22-14-17)13-21-18(19-2)20-11-6-9-16-7-4-3-5-8-16;/h3-5,7-8,10,12,14-15H,6,9,11,13H2,1-2H3,(H2,19,20,21);1H. The normalized spacial score (nSPS) is 12.3. The monoisotopic (exact) mass is 443 g/mol. The van der Waals surface area contributed by atoms with Crippen molar-refractivity contribution in [1.29, 1.82) is 0 Å². The number of rotatable bonds is 7. The Morgan fingerprint density at radius 1 is 1.17 bits per heavy atom. The highest BCUT2D eigenvalue weighted by atomic mass is 127. The molecule has 0 saturated heterocycles. The Morgan fingerprint density at radius 2 is 1.96 bits per heavy atom. The van der Waals surface area contributed by atoms with Gasteiger partial charge in [-0.1, -0.05) is 37.3 Å². The van der Waals surface area contributed by atoms with E-state index < -0.39 is 0 Å². The lowest BCUT2D eigenvalue weighted by Crippen LogP contribution is -2.39. The van der Waals surface area contributed by atoms with Crippen LogP contribution < -0.4 is 10.6 Å². The minimum atomic E-state index is 0. The predicted molar refractivity (Wildman–Crippen MR) is 112 cm³/mol. The summed E-state index contributed by atoms with van der Waals surface area (Å²) < 4.78 is 0. The van der Waals surface area contributed by atoms with Gasteiger partial charge in [-0.05, 0) is 46.7 Å². The van der Waals surface area contributed by atoms with Crippen LogP contribution in [0.1, 0.15) is 30.4 Å². The van der Waals surface area contributed by atoms with Gasteiger partial charge < -0.3 is 10.6 Å². The summed E-state index contributed by atoms with van der Waals surface area (Å²) in [4.78, 5) is 4.28. The average Bonchev–Trinajstić information content (AvgIpc) is 3.09. The predicted octanol–water partition coefficient (Wildman–Crippen LogP) is 4.27. The third-order valence-electron chi connectivity index (χ3n) is 3.69. The van der Waals surface area contributed by atoms with Crippen LogP contribution >= 0.6 is 35.3 Å². The molecule has 0 fully saturated rings. The van der Waals surface area contributed by atoms with Crippen molar-refractivity contribution in [3.05, 3.63) is 58.3 Å². The number of aryl methyl sites for hydroxylation is 1. The van der Waals surface area contributed by atoms with Crippen LogP contribution in [0, 0.1) is 0 Å². The minimum absolute atomic E-state index is 0. The molecule has 0 spiro atoms. The maximum Gasteiger partial charge on any atom is 0.190 e. The third-order valence-corrected chi connectivity index (χ3v) is 4.39. The lowest BCUT2D eigenvalue weighted by molar-refractivity contribution is 0.690. The summed E-state index contributed by atoms with van der Waals surface area (Å²) >= 11 is 1.75. The van der Waals surface area contributed by atoms with E-state index in [1.54, 1.807) is 11.3 Å². The van der Waals surface area contributed by atoms with E-state index in [1.165, 1.54) is 11.1 Å². The Balaban J connectivity index is 0.00000264. The van der Waals surface area contributed by atoms with Gasteiger partial charge in [0.1, 0.15) is 0 Å². The van der Waals surface area contributed by atoms with Gasteiger partial charge in [0, 0.05) is 20.1 Å². The molecule has 23 heavy (non-hydrogen) atoms. The molecule has 126 valence electrons. The van der Waals surface area contributed by atoms with Crippen LogP contribution in [-0.4, -0.2) is 26.1 Å². The summed E-state index contributed by atoms with van der Waals surface area (Å²) in [6.07, 6.45) is 2.20. The maximum absolute atomic E-state index is 4.28. The minimum Gasteiger partial charge on any atom is -0.356 e. The van der Waals surface area contributed by atoms with Crippen molar-refractivity contribution in [2.45, 2.75) is 25.7 Å². The molecule has 1 unspecified atom stereocenters. The fraction of sp³-hybridized carbons (Fsp3) is 0.389. The van der Waals surface area contributed by atoms with Crippen molar-refractivity contribution in [3.63, 3.8) is 0 Å². The molecule has 1 atom stereocenters. The first-order valence-electron chi connectivity index (χ1n) is 7.80. The van der Waals surface area contributed by atoms with E-state index in [-0.39, 0.29) is 24.0 Å². The topological polar surface area (TPSA) is 36.4 Å². The van der Waals surface area contributed by atoms with Crippen LogP contribution in [0.2, 0.25) is 0 Å². The second-order valence-corrected chi connectivity index (χ2v) is 6.21. The SMILES string of the molecule is CN=C(NCCCc1ccccc1)NCC(C)c1ccsc1.I. The molecule has 0 aliphatic rings. The van der Waals surface area contributed by atoms with Crippen molar-refractivity contribution in [2.75, 3.05) is 20.1 Å². The van der Waals surface area contributed by atoms with Crippen LogP contribution in [0.3, 0.4) is 0 Å². The molecular weight excluding hydrogens is 417 g/mol. The Bertz CT molecular complexity index is 555. The van der Waals surface area contributed by atoms with E-state index in [2.05, 4.69) is 69.7 Å². The van der Waals surface area contributed by atoms with Gasteiger partial charge in [0.25, 0.3) is 0 Å². The molecule has 0 aliphatic carbocycles. The van der Waals surface area contributed by atoms with Gasteiger partial charge in [0.2, 0.25) is 0 Å². The van der Waals surface area contributed by atoms with Gasteiger partial charge in [0.05, 0.1) is 0 Å². The largest absolute Gasteiger partial charge is 0.356 e. The first-order valence-corrected chi connectivity index (χ1v) is 8.74. The molecule has 3 nitrogen and oxygen atoms in total. The number of nitrogens with zero attached hydrogens (tertiary/aromatic N) is 1. The number of guanidine groups is 1. The highest BCUT2D eigenvalue weighted by molar-refractivity contribution is 14.0. The zero-order chi connectivity index (χ0) is 15.6. The van der Waals surface area contributed by atoms with Crippen LogP contribution in [0.15, 0.2) is 52.2 Å². The van der Waals surface area contributed by atoms with Gasteiger partial charge in [-0.15, -0.1) is 24.0 Å². The van der Waals surface area contributed by atoms with Crippen LogP contribution in [0.4, 0.5) is 0 Å². The molecule has 1 heterocycles. The maximum atomic E-state index is 4.28. The average molecular weight is 443 g/mol.